The lowest BCUT2D eigenvalue weighted by Crippen LogP contribution is -2.48. The molecular formula is C24H22N4O3S. The molecule has 0 fully saturated rings. The predicted molar refractivity (Wildman–Crippen MR) is 125 cm³/mol. The standard InChI is InChI=1S/C24H22N4O3S/c1-15(2)22(29)25-17-13-11-16(12-14-17)23(30)26-27-24(31)28-18-7-3-5-9-20(18)32-21-10-6-4-8-19(21)28/h3-15H,1-2H3,(H,25,29)(H,26,30)(H,27,31). The zero-order chi connectivity index (χ0) is 22.7. The van der Waals surface area contributed by atoms with Crippen molar-refractivity contribution >= 4 is 46.7 Å². The molecule has 3 N–H and O–H groups in total. The smallest absolute Gasteiger partial charge is 0.326 e. The average Bonchev–Trinajstić information content (AvgIpc) is 2.81. The van der Waals surface area contributed by atoms with Gasteiger partial charge in [0, 0.05) is 27.0 Å². The number of hydrazine groups is 1. The third-order valence-electron chi connectivity index (χ3n) is 4.86. The molecule has 1 aliphatic heterocycles. The van der Waals surface area contributed by atoms with E-state index in [2.05, 4.69) is 16.2 Å². The second-order valence-corrected chi connectivity index (χ2v) is 8.56. The number of carbonyl (C=O) groups is 3. The van der Waals surface area contributed by atoms with Crippen LogP contribution < -0.4 is 21.1 Å². The minimum atomic E-state index is -0.473. The van der Waals surface area contributed by atoms with E-state index in [0.29, 0.717) is 11.3 Å². The van der Waals surface area contributed by atoms with Gasteiger partial charge >= 0.3 is 6.03 Å². The predicted octanol–water partition coefficient (Wildman–Crippen LogP) is 4.94. The van der Waals surface area contributed by atoms with Gasteiger partial charge in [-0.25, -0.2) is 10.2 Å². The Labute approximate surface area is 190 Å². The lowest BCUT2D eigenvalue weighted by molar-refractivity contribution is -0.118. The van der Waals surface area contributed by atoms with E-state index in [1.54, 1.807) is 54.8 Å². The highest BCUT2D eigenvalue weighted by Gasteiger charge is 2.28. The molecule has 3 aromatic carbocycles. The largest absolute Gasteiger partial charge is 0.345 e. The Morgan fingerprint density at radius 3 is 1.91 bits per heavy atom. The van der Waals surface area contributed by atoms with Gasteiger partial charge in [-0.2, -0.15) is 0 Å². The van der Waals surface area contributed by atoms with Crippen molar-refractivity contribution in [1.29, 1.82) is 0 Å². The van der Waals surface area contributed by atoms with Crippen LogP contribution in [0.5, 0.6) is 0 Å². The summed E-state index contributed by atoms with van der Waals surface area (Å²) in [6, 6.07) is 21.2. The summed E-state index contributed by atoms with van der Waals surface area (Å²) in [6.45, 7) is 3.61. The molecule has 0 radical (unpaired) electrons. The highest BCUT2D eigenvalue weighted by atomic mass is 32.2. The summed E-state index contributed by atoms with van der Waals surface area (Å²) >= 11 is 1.59. The molecular weight excluding hydrogens is 424 g/mol. The molecule has 0 spiro atoms. The Morgan fingerprint density at radius 2 is 1.34 bits per heavy atom. The third kappa shape index (κ3) is 4.45. The maximum Gasteiger partial charge on any atom is 0.345 e. The first-order valence-electron chi connectivity index (χ1n) is 10.1. The van der Waals surface area contributed by atoms with Crippen LogP contribution in [0.1, 0.15) is 24.2 Å². The molecule has 32 heavy (non-hydrogen) atoms. The van der Waals surface area contributed by atoms with Gasteiger partial charge in [0.25, 0.3) is 5.91 Å². The SMILES string of the molecule is CC(C)C(=O)Nc1ccc(C(=O)NNC(=O)N2c3ccccc3Sc3ccccc32)cc1. The van der Waals surface area contributed by atoms with Gasteiger partial charge < -0.3 is 5.32 Å². The lowest BCUT2D eigenvalue weighted by atomic mass is 10.1. The fourth-order valence-electron chi connectivity index (χ4n) is 3.15. The van der Waals surface area contributed by atoms with Gasteiger partial charge in [-0.05, 0) is 48.5 Å². The van der Waals surface area contributed by atoms with Crippen molar-refractivity contribution < 1.29 is 14.4 Å². The minimum Gasteiger partial charge on any atom is -0.326 e. The van der Waals surface area contributed by atoms with E-state index < -0.39 is 11.9 Å². The van der Waals surface area contributed by atoms with E-state index in [1.807, 2.05) is 48.5 Å². The van der Waals surface area contributed by atoms with E-state index in [0.717, 1.165) is 21.2 Å². The van der Waals surface area contributed by atoms with E-state index in [-0.39, 0.29) is 11.8 Å². The number of nitrogens with one attached hydrogen (secondary N) is 3. The summed E-state index contributed by atoms with van der Waals surface area (Å²) in [7, 11) is 0. The first-order chi connectivity index (χ1) is 15.4. The van der Waals surface area contributed by atoms with Crippen LogP contribution in [-0.2, 0) is 4.79 Å². The van der Waals surface area contributed by atoms with Crippen molar-refractivity contribution in [2.45, 2.75) is 23.6 Å². The molecule has 0 bridgehead atoms. The van der Waals surface area contributed by atoms with Gasteiger partial charge in [0.05, 0.1) is 11.4 Å². The summed E-state index contributed by atoms with van der Waals surface area (Å²) in [5.41, 5.74) is 7.40. The number of hydrogen-bond acceptors (Lipinski definition) is 4. The summed E-state index contributed by atoms with van der Waals surface area (Å²) in [5, 5.41) is 2.77. The van der Waals surface area contributed by atoms with Crippen molar-refractivity contribution in [2.24, 2.45) is 5.92 Å². The number of urea groups is 1. The molecule has 0 atom stereocenters. The summed E-state index contributed by atoms with van der Waals surface area (Å²) < 4.78 is 0. The van der Waals surface area contributed by atoms with Crippen molar-refractivity contribution in [3.63, 3.8) is 0 Å². The highest BCUT2D eigenvalue weighted by Crippen LogP contribution is 2.47. The van der Waals surface area contributed by atoms with Crippen LogP contribution in [0.2, 0.25) is 0 Å². The molecule has 0 saturated heterocycles. The monoisotopic (exact) mass is 446 g/mol. The minimum absolute atomic E-state index is 0.102. The summed E-state index contributed by atoms with van der Waals surface area (Å²) in [6.07, 6.45) is 0. The van der Waals surface area contributed by atoms with Gasteiger partial charge in [-0.3, -0.25) is 19.9 Å². The number of benzene rings is 3. The molecule has 0 aliphatic carbocycles. The molecule has 7 nitrogen and oxygen atoms in total. The van der Waals surface area contributed by atoms with E-state index >= 15 is 0 Å². The van der Waals surface area contributed by atoms with Gasteiger partial charge in [0.1, 0.15) is 0 Å². The third-order valence-corrected chi connectivity index (χ3v) is 5.99. The summed E-state index contributed by atoms with van der Waals surface area (Å²) in [5.74, 6) is -0.709. The van der Waals surface area contributed by atoms with Crippen molar-refractivity contribution in [2.75, 3.05) is 10.2 Å². The van der Waals surface area contributed by atoms with Crippen molar-refractivity contribution in [3.05, 3.63) is 78.4 Å². The highest BCUT2D eigenvalue weighted by molar-refractivity contribution is 7.99. The maximum atomic E-state index is 13.0. The van der Waals surface area contributed by atoms with Gasteiger partial charge in [0.15, 0.2) is 0 Å². The maximum absolute atomic E-state index is 13.0. The number of anilines is 3. The number of carbonyl (C=O) groups excluding carboxylic acids is 3. The number of hydrogen-bond donors (Lipinski definition) is 3. The zero-order valence-electron chi connectivity index (χ0n) is 17.6. The Morgan fingerprint density at radius 1 is 0.781 bits per heavy atom. The molecule has 4 amide bonds. The average molecular weight is 447 g/mol. The normalized spacial score (nSPS) is 11.9. The number of fused-ring (bicyclic) bond motifs is 2. The van der Waals surface area contributed by atoms with Crippen LogP contribution in [0.4, 0.5) is 21.9 Å². The van der Waals surface area contributed by atoms with Gasteiger partial charge in [-0.15, -0.1) is 0 Å². The Bertz CT molecular complexity index is 1130. The molecule has 4 rings (SSSR count). The molecule has 0 unspecified atom stereocenters. The van der Waals surface area contributed by atoms with E-state index in [1.165, 1.54) is 0 Å². The Balaban J connectivity index is 1.45. The molecule has 162 valence electrons. The van der Waals surface area contributed by atoms with Gasteiger partial charge in [0.2, 0.25) is 5.91 Å². The zero-order valence-corrected chi connectivity index (χ0v) is 18.4. The lowest BCUT2D eigenvalue weighted by Gasteiger charge is -2.30. The van der Waals surface area contributed by atoms with E-state index in [4.69, 9.17) is 0 Å². The molecule has 0 aromatic heterocycles. The van der Waals surface area contributed by atoms with Gasteiger partial charge in [-0.1, -0.05) is 49.9 Å². The topological polar surface area (TPSA) is 90.5 Å². The number of para-hydroxylation sites is 2. The van der Waals surface area contributed by atoms with Crippen LogP contribution in [0.15, 0.2) is 82.6 Å². The van der Waals surface area contributed by atoms with Crippen LogP contribution in [0.3, 0.4) is 0 Å². The van der Waals surface area contributed by atoms with Crippen LogP contribution in [-0.4, -0.2) is 17.8 Å². The Kier molecular flexibility index (Phi) is 6.13. The summed E-state index contributed by atoms with van der Waals surface area (Å²) in [4.78, 5) is 40.8. The first kappa shape index (κ1) is 21.5. The fraction of sp³-hybridized carbons (Fsp3) is 0.125. The molecule has 0 saturated carbocycles. The van der Waals surface area contributed by atoms with Crippen molar-refractivity contribution in [1.82, 2.24) is 10.9 Å². The second kappa shape index (κ2) is 9.15. The fourth-order valence-corrected chi connectivity index (χ4v) is 4.21. The van der Waals surface area contributed by atoms with Crippen LogP contribution in [0.25, 0.3) is 0 Å². The quantitative estimate of drug-likeness (QED) is 0.497. The number of rotatable bonds is 3. The first-order valence-corrected chi connectivity index (χ1v) is 10.9. The Hall–Kier alpha value is -3.78. The van der Waals surface area contributed by atoms with Crippen LogP contribution in [0, 0.1) is 5.92 Å². The number of amides is 4. The van der Waals surface area contributed by atoms with Crippen molar-refractivity contribution in [3.8, 4) is 0 Å². The van der Waals surface area contributed by atoms with E-state index in [9.17, 15) is 14.4 Å². The second-order valence-electron chi connectivity index (χ2n) is 7.48. The van der Waals surface area contributed by atoms with Crippen LogP contribution >= 0.6 is 11.8 Å². The molecule has 8 heteroatoms. The number of nitrogens with zero attached hydrogens (tertiary/aromatic N) is 1. The molecule has 3 aromatic rings. The molecule has 1 heterocycles. The molecule has 1 aliphatic rings.